The second-order valence-corrected chi connectivity index (χ2v) is 8.69. The molecule has 0 aromatic heterocycles. The first-order valence-electron chi connectivity index (χ1n) is 10.1. The summed E-state index contributed by atoms with van der Waals surface area (Å²) >= 11 is 11.7. The number of piperidine rings is 1. The van der Waals surface area contributed by atoms with Gasteiger partial charge in [-0.2, -0.15) is 13.2 Å². The lowest BCUT2D eigenvalue weighted by Gasteiger charge is -2.40. The molecule has 0 unspecified atom stereocenters. The number of thiocarbonyl (C=S) groups is 1. The van der Waals surface area contributed by atoms with Gasteiger partial charge in [0.25, 0.3) is 0 Å². The maximum Gasteiger partial charge on any atom is 0.416 e. The largest absolute Gasteiger partial charge is 0.416 e. The first-order chi connectivity index (χ1) is 13.7. The van der Waals surface area contributed by atoms with Crippen LogP contribution in [0.15, 0.2) is 18.2 Å². The van der Waals surface area contributed by atoms with E-state index in [0.29, 0.717) is 11.2 Å². The highest BCUT2D eigenvalue weighted by Crippen LogP contribution is 2.34. The molecule has 1 atom stereocenters. The zero-order valence-electron chi connectivity index (χ0n) is 16.6. The highest BCUT2D eigenvalue weighted by atomic mass is 35.5. The monoisotopic (exact) mass is 448 g/mol. The molecule has 0 bridgehead atoms. The molecule has 1 N–H and O–H groups in total. The van der Waals surface area contributed by atoms with Gasteiger partial charge in [0.05, 0.1) is 16.3 Å². The van der Waals surface area contributed by atoms with Crippen LogP contribution in [0.1, 0.15) is 31.2 Å². The molecule has 2 aliphatic heterocycles. The van der Waals surface area contributed by atoms with Crippen LogP contribution in [0.25, 0.3) is 0 Å². The number of hydrogen-bond acceptors (Lipinski definition) is 3. The summed E-state index contributed by atoms with van der Waals surface area (Å²) in [5.41, 5.74) is -0.535. The zero-order chi connectivity index (χ0) is 21.0. The Hall–Kier alpha value is -1.09. The number of likely N-dealkylation sites (N-methyl/N-ethyl adjacent to an activating group) is 1. The van der Waals surface area contributed by atoms with Crippen molar-refractivity contribution in [2.75, 3.05) is 51.6 Å². The SMILES string of the molecule is CN1CCN(CC[C@@H]2CCCCN2C(=S)Nc2cc(C(F)(F)F)ccc2Cl)CC1. The van der Waals surface area contributed by atoms with Gasteiger partial charge < -0.3 is 20.0 Å². The molecule has 0 saturated carbocycles. The number of halogens is 4. The average Bonchev–Trinajstić information content (AvgIpc) is 2.68. The molecule has 0 amide bonds. The quantitative estimate of drug-likeness (QED) is 0.680. The minimum Gasteiger partial charge on any atom is -0.346 e. The van der Waals surface area contributed by atoms with E-state index in [4.69, 9.17) is 23.8 Å². The molecule has 2 aliphatic rings. The molecule has 3 rings (SSSR count). The maximum absolute atomic E-state index is 13.0. The van der Waals surface area contributed by atoms with E-state index in [1.807, 2.05) is 0 Å². The number of nitrogens with zero attached hydrogens (tertiary/aromatic N) is 3. The predicted molar refractivity (Wildman–Crippen MR) is 116 cm³/mol. The van der Waals surface area contributed by atoms with Crippen molar-refractivity contribution in [2.24, 2.45) is 0 Å². The fourth-order valence-corrected chi connectivity index (χ4v) is 4.47. The van der Waals surface area contributed by atoms with Gasteiger partial charge in [0.2, 0.25) is 0 Å². The minimum atomic E-state index is -4.42. The number of hydrogen-bond donors (Lipinski definition) is 1. The Labute approximate surface area is 181 Å². The van der Waals surface area contributed by atoms with Gasteiger partial charge in [-0.25, -0.2) is 0 Å². The summed E-state index contributed by atoms with van der Waals surface area (Å²) in [4.78, 5) is 6.94. The lowest BCUT2D eigenvalue weighted by Crippen LogP contribution is -2.49. The second-order valence-electron chi connectivity index (χ2n) is 7.90. The van der Waals surface area contributed by atoms with E-state index in [9.17, 15) is 13.2 Å². The standard InChI is InChI=1S/C20H28ClF3N4S/c1-26-10-12-27(13-11-26)9-7-16-4-2-3-8-28(16)19(29)25-18-14-15(20(22,23)24)5-6-17(18)21/h5-6,14,16H,2-4,7-13H2,1H3,(H,25,29)/t16-/m0/s1. The molecule has 2 heterocycles. The average molecular weight is 449 g/mol. The molecule has 162 valence electrons. The summed E-state index contributed by atoms with van der Waals surface area (Å²) in [6.07, 6.45) is -0.188. The van der Waals surface area contributed by atoms with Crippen LogP contribution < -0.4 is 5.32 Å². The molecule has 9 heteroatoms. The van der Waals surface area contributed by atoms with Crippen LogP contribution >= 0.6 is 23.8 Å². The van der Waals surface area contributed by atoms with Crippen LogP contribution in [0.3, 0.4) is 0 Å². The van der Waals surface area contributed by atoms with Crippen LogP contribution in [0.5, 0.6) is 0 Å². The van der Waals surface area contributed by atoms with Crippen molar-refractivity contribution in [3.8, 4) is 0 Å². The molecule has 1 aromatic carbocycles. The van der Waals surface area contributed by atoms with Gasteiger partial charge in [-0.05, 0) is 63.1 Å². The van der Waals surface area contributed by atoms with Crippen molar-refractivity contribution >= 4 is 34.6 Å². The van der Waals surface area contributed by atoms with E-state index < -0.39 is 11.7 Å². The summed E-state index contributed by atoms with van der Waals surface area (Å²) in [5, 5.41) is 3.65. The topological polar surface area (TPSA) is 21.8 Å². The lowest BCUT2D eigenvalue weighted by atomic mass is 9.99. The van der Waals surface area contributed by atoms with Gasteiger partial charge in [-0.1, -0.05) is 11.6 Å². The summed E-state index contributed by atoms with van der Waals surface area (Å²) in [6, 6.07) is 3.57. The first-order valence-corrected chi connectivity index (χ1v) is 10.9. The van der Waals surface area contributed by atoms with E-state index in [1.54, 1.807) is 0 Å². The number of piperazine rings is 1. The molecule has 4 nitrogen and oxygen atoms in total. The third kappa shape index (κ3) is 6.20. The lowest BCUT2D eigenvalue weighted by molar-refractivity contribution is -0.137. The third-order valence-corrected chi connectivity index (χ3v) is 6.46. The number of alkyl halides is 3. The van der Waals surface area contributed by atoms with E-state index in [2.05, 4.69) is 27.1 Å². The second kappa shape index (κ2) is 9.81. The Morgan fingerprint density at radius 1 is 1.17 bits per heavy atom. The smallest absolute Gasteiger partial charge is 0.346 e. The van der Waals surface area contributed by atoms with Gasteiger partial charge in [0, 0.05) is 45.3 Å². The van der Waals surface area contributed by atoms with Crippen LogP contribution in [0.2, 0.25) is 5.02 Å². The highest BCUT2D eigenvalue weighted by molar-refractivity contribution is 7.80. The van der Waals surface area contributed by atoms with E-state index in [0.717, 1.165) is 77.1 Å². The Balaban J connectivity index is 1.62. The summed E-state index contributed by atoms with van der Waals surface area (Å²) in [6.45, 7) is 6.15. The van der Waals surface area contributed by atoms with Crippen LogP contribution in [-0.2, 0) is 6.18 Å². The first kappa shape index (κ1) is 22.6. The highest BCUT2D eigenvalue weighted by Gasteiger charge is 2.31. The molecular formula is C20H28ClF3N4S. The van der Waals surface area contributed by atoms with Gasteiger partial charge in [-0.3, -0.25) is 0 Å². The summed E-state index contributed by atoms with van der Waals surface area (Å²) < 4.78 is 39.1. The number of benzene rings is 1. The molecule has 0 radical (unpaired) electrons. The van der Waals surface area contributed by atoms with Crippen molar-refractivity contribution in [1.29, 1.82) is 0 Å². The Morgan fingerprint density at radius 3 is 2.59 bits per heavy atom. The minimum absolute atomic E-state index is 0.204. The number of likely N-dealkylation sites (tertiary alicyclic amines) is 1. The van der Waals surface area contributed by atoms with Gasteiger partial charge in [0.1, 0.15) is 0 Å². The van der Waals surface area contributed by atoms with Gasteiger partial charge in [0.15, 0.2) is 5.11 Å². The normalized spacial score (nSPS) is 22.0. The number of rotatable bonds is 4. The molecule has 0 spiro atoms. The van der Waals surface area contributed by atoms with Gasteiger partial charge in [-0.15, -0.1) is 0 Å². The van der Waals surface area contributed by atoms with E-state index in [-0.39, 0.29) is 10.7 Å². The van der Waals surface area contributed by atoms with Crippen LogP contribution in [-0.4, -0.2) is 72.2 Å². The number of anilines is 1. The van der Waals surface area contributed by atoms with Crippen molar-refractivity contribution in [2.45, 2.75) is 37.9 Å². The Bertz CT molecular complexity index is 707. The molecule has 2 saturated heterocycles. The Kier molecular flexibility index (Phi) is 7.64. The third-order valence-electron chi connectivity index (χ3n) is 5.80. The predicted octanol–water partition coefficient (Wildman–Crippen LogP) is 4.55. The summed E-state index contributed by atoms with van der Waals surface area (Å²) in [5.74, 6) is 0. The molecule has 29 heavy (non-hydrogen) atoms. The number of nitrogens with one attached hydrogen (secondary N) is 1. The van der Waals surface area contributed by atoms with Crippen LogP contribution in [0, 0.1) is 0 Å². The molecular weight excluding hydrogens is 421 g/mol. The van der Waals surface area contributed by atoms with E-state index in [1.165, 1.54) is 6.07 Å². The fraction of sp³-hybridized carbons (Fsp3) is 0.650. The van der Waals surface area contributed by atoms with Crippen molar-refractivity contribution in [1.82, 2.24) is 14.7 Å². The van der Waals surface area contributed by atoms with Gasteiger partial charge >= 0.3 is 6.18 Å². The zero-order valence-corrected chi connectivity index (χ0v) is 18.2. The van der Waals surface area contributed by atoms with Crippen molar-refractivity contribution in [3.63, 3.8) is 0 Å². The molecule has 1 aromatic rings. The van der Waals surface area contributed by atoms with Crippen LogP contribution in [0.4, 0.5) is 18.9 Å². The maximum atomic E-state index is 13.0. The van der Waals surface area contributed by atoms with Crippen molar-refractivity contribution < 1.29 is 13.2 Å². The Morgan fingerprint density at radius 2 is 1.90 bits per heavy atom. The molecule has 2 fully saturated rings. The van der Waals surface area contributed by atoms with E-state index >= 15 is 0 Å². The fourth-order valence-electron chi connectivity index (χ4n) is 3.96. The van der Waals surface area contributed by atoms with Crippen molar-refractivity contribution in [3.05, 3.63) is 28.8 Å². The molecule has 0 aliphatic carbocycles. The summed E-state index contributed by atoms with van der Waals surface area (Å²) in [7, 11) is 2.14.